The van der Waals surface area contributed by atoms with Gasteiger partial charge in [0.05, 0.1) is 11.3 Å². The average molecular weight is 616 g/mol. The third-order valence-corrected chi connectivity index (χ3v) is 6.94. The highest BCUT2D eigenvalue weighted by Gasteiger charge is 2.31. The summed E-state index contributed by atoms with van der Waals surface area (Å²) in [6.07, 6.45) is -4.70. The molecule has 7 nitrogen and oxygen atoms in total. The maximum Gasteiger partial charge on any atom is 0.416 e. The third kappa shape index (κ3) is 6.70. The molecule has 0 unspecified atom stereocenters. The van der Waals surface area contributed by atoms with E-state index < -0.39 is 28.8 Å². The number of likely N-dealkylation sites (N-methyl/N-ethyl adjacent to an activating group) is 1. The molecule has 0 fully saturated rings. The first-order valence-electron chi connectivity index (χ1n) is 12.3. The number of pyridine rings is 1. The highest BCUT2D eigenvalue weighted by atomic mass is 35.5. The zero-order valence-electron chi connectivity index (χ0n) is 22.1. The number of ether oxygens (including phenoxy) is 1. The Morgan fingerprint density at radius 3 is 2.38 bits per heavy atom. The van der Waals surface area contributed by atoms with E-state index in [1.165, 1.54) is 30.1 Å². The van der Waals surface area contributed by atoms with Crippen molar-refractivity contribution in [3.8, 4) is 40.0 Å². The van der Waals surface area contributed by atoms with Gasteiger partial charge in [-0.1, -0.05) is 40.9 Å². The predicted octanol–water partition coefficient (Wildman–Crippen LogP) is 6.96. The van der Waals surface area contributed by atoms with Crippen molar-refractivity contribution < 1.29 is 27.8 Å². The maximum atomic E-state index is 13.4. The van der Waals surface area contributed by atoms with E-state index in [4.69, 9.17) is 27.9 Å². The average Bonchev–Trinajstić information content (AvgIpc) is 2.93. The number of hydrogen-bond acceptors (Lipinski definition) is 5. The van der Waals surface area contributed by atoms with Crippen LogP contribution in [-0.2, 0) is 17.5 Å². The van der Waals surface area contributed by atoms with Gasteiger partial charge in [-0.15, -0.1) is 0 Å². The SMILES string of the molecule is Cc1ccc(OCC(=O)N(C)Cc2cc(Cl)cc(-c3cc(-c4cc(C(F)(F)F)ccc4Cl)c(C#N)c(=O)[nH]3)c2O)cc1. The molecule has 0 aliphatic carbocycles. The summed E-state index contributed by atoms with van der Waals surface area (Å²) in [6, 6.07) is 15.4. The summed E-state index contributed by atoms with van der Waals surface area (Å²) in [6.45, 7) is 1.56. The Labute approximate surface area is 248 Å². The number of alkyl halides is 3. The molecule has 0 saturated heterocycles. The van der Waals surface area contributed by atoms with Crippen molar-refractivity contribution in [2.24, 2.45) is 0 Å². The fourth-order valence-corrected chi connectivity index (χ4v) is 4.61. The highest BCUT2D eigenvalue weighted by molar-refractivity contribution is 6.33. The van der Waals surface area contributed by atoms with Crippen LogP contribution in [0.3, 0.4) is 0 Å². The normalized spacial score (nSPS) is 11.2. The molecule has 2 N–H and O–H groups in total. The van der Waals surface area contributed by atoms with Crippen LogP contribution in [0.25, 0.3) is 22.4 Å². The number of halogens is 5. The van der Waals surface area contributed by atoms with E-state index in [1.807, 2.05) is 19.1 Å². The second kappa shape index (κ2) is 12.2. The summed E-state index contributed by atoms with van der Waals surface area (Å²) in [5.41, 5.74) is -1.56. The molecule has 12 heteroatoms. The molecule has 1 amide bonds. The summed E-state index contributed by atoms with van der Waals surface area (Å²) in [5, 5.41) is 20.7. The molecule has 216 valence electrons. The van der Waals surface area contributed by atoms with E-state index in [0.717, 1.165) is 23.8 Å². The summed E-state index contributed by atoms with van der Waals surface area (Å²) < 4.78 is 45.8. The Morgan fingerprint density at radius 1 is 1.05 bits per heavy atom. The summed E-state index contributed by atoms with van der Waals surface area (Å²) in [5.74, 6) is -0.235. The molecule has 0 spiro atoms. The Morgan fingerprint density at radius 2 is 1.74 bits per heavy atom. The summed E-state index contributed by atoms with van der Waals surface area (Å²) in [4.78, 5) is 29.3. The van der Waals surface area contributed by atoms with Crippen molar-refractivity contribution in [2.75, 3.05) is 13.7 Å². The molecule has 0 aliphatic rings. The van der Waals surface area contributed by atoms with Gasteiger partial charge in [0.1, 0.15) is 23.1 Å². The standard InChI is InChI=1S/C30H22Cl2F3N3O4/c1-16-3-6-20(7-4-16)42-15-27(39)38(2)14-17-9-19(31)11-23(28(17)40)26-12-21(24(13-36)29(41)37-26)22-10-18(30(33,34)35)5-8-25(22)32/h3-12,40H,14-15H2,1-2H3,(H,37,41). The monoisotopic (exact) mass is 615 g/mol. The van der Waals surface area contributed by atoms with Crippen molar-refractivity contribution in [2.45, 2.75) is 19.6 Å². The van der Waals surface area contributed by atoms with Gasteiger partial charge in [-0.2, -0.15) is 18.4 Å². The molecule has 0 bridgehead atoms. The van der Waals surface area contributed by atoms with Gasteiger partial charge in [0.2, 0.25) is 0 Å². The smallest absolute Gasteiger partial charge is 0.416 e. The Balaban J connectivity index is 1.69. The van der Waals surface area contributed by atoms with E-state index in [2.05, 4.69) is 4.98 Å². The van der Waals surface area contributed by atoms with Crippen molar-refractivity contribution in [1.29, 1.82) is 5.26 Å². The minimum Gasteiger partial charge on any atom is -0.507 e. The van der Waals surface area contributed by atoms with Crippen LogP contribution < -0.4 is 10.3 Å². The number of nitriles is 1. The van der Waals surface area contributed by atoms with Crippen molar-refractivity contribution in [3.05, 3.63) is 103 Å². The molecule has 1 aromatic heterocycles. The minimum absolute atomic E-state index is 0.0141. The van der Waals surface area contributed by atoms with Crippen LogP contribution in [0.15, 0.2) is 65.5 Å². The van der Waals surface area contributed by atoms with Crippen LogP contribution >= 0.6 is 23.2 Å². The fourth-order valence-electron chi connectivity index (χ4n) is 4.15. The van der Waals surface area contributed by atoms with E-state index >= 15 is 0 Å². The highest BCUT2D eigenvalue weighted by Crippen LogP contribution is 2.40. The number of amides is 1. The van der Waals surface area contributed by atoms with Crippen LogP contribution in [-0.4, -0.2) is 34.6 Å². The number of carbonyl (C=O) groups excluding carboxylic acids is 1. The van der Waals surface area contributed by atoms with Crippen LogP contribution in [0.2, 0.25) is 10.0 Å². The zero-order chi connectivity index (χ0) is 30.8. The van der Waals surface area contributed by atoms with Gasteiger partial charge in [-0.25, -0.2) is 0 Å². The quantitative estimate of drug-likeness (QED) is 0.234. The molecule has 0 saturated carbocycles. The number of rotatable bonds is 7. The molecule has 3 aromatic carbocycles. The number of nitrogens with one attached hydrogen (secondary N) is 1. The van der Waals surface area contributed by atoms with Gasteiger partial charge in [0.15, 0.2) is 6.61 Å². The number of phenolic OH excluding ortho intramolecular Hbond substituents is 1. The number of aryl methyl sites for hydroxylation is 1. The van der Waals surface area contributed by atoms with Crippen LogP contribution in [0.4, 0.5) is 13.2 Å². The lowest BCUT2D eigenvalue weighted by Crippen LogP contribution is -2.31. The number of carbonyl (C=O) groups is 1. The number of aromatic amines is 1. The second-order valence-corrected chi connectivity index (χ2v) is 10.3. The first-order valence-corrected chi connectivity index (χ1v) is 13.0. The van der Waals surface area contributed by atoms with Crippen LogP contribution in [0.5, 0.6) is 11.5 Å². The van der Waals surface area contributed by atoms with E-state index in [0.29, 0.717) is 5.75 Å². The minimum atomic E-state index is -4.70. The topological polar surface area (TPSA) is 106 Å². The summed E-state index contributed by atoms with van der Waals surface area (Å²) in [7, 11) is 1.50. The zero-order valence-corrected chi connectivity index (χ0v) is 23.7. The molecular formula is C30H22Cl2F3N3O4. The number of benzene rings is 3. The van der Waals surface area contributed by atoms with Crippen molar-refractivity contribution >= 4 is 29.1 Å². The number of H-pyrrole nitrogens is 1. The molecule has 0 aliphatic heterocycles. The molecular weight excluding hydrogens is 594 g/mol. The largest absolute Gasteiger partial charge is 0.507 e. The molecule has 4 rings (SSSR count). The number of aromatic nitrogens is 1. The number of nitrogens with zero attached hydrogens (tertiary/aromatic N) is 2. The molecule has 4 aromatic rings. The third-order valence-electron chi connectivity index (χ3n) is 6.39. The second-order valence-electron chi connectivity index (χ2n) is 9.42. The van der Waals surface area contributed by atoms with Gasteiger partial charge in [-0.05, 0) is 55.5 Å². The summed E-state index contributed by atoms with van der Waals surface area (Å²) >= 11 is 12.5. The van der Waals surface area contributed by atoms with Gasteiger partial charge in [0.25, 0.3) is 11.5 Å². The lowest BCUT2D eigenvalue weighted by molar-refractivity contribution is -0.137. The number of phenols is 1. The first kappa shape index (κ1) is 30.5. The van der Waals surface area contributed by atoms with E-state index in [1.54, 1.807) is 18.2 Å². The number of aromatic hydroxyl groups is 1. The Kier molecular flexibility index (Phi) is 8.85. The molecule has 0 radical (unpaired) electrons. The van der Waals surface area contributed by atoms with Crippen molar-refractivity contribution in [1.82, 2.24) is 9.88 Å². The lowest BCUT2D eigenvalue weighted by Gasteiger charge is -2.20. The van der Waals surface area contributed by atoms with Gasteiger partial charge < -0.3 is 19.7 Å². The van der Waals surface area contributed by atoms with Gasteiger partial charge in [0, 0.05) is 45.9 Å². The Hall–Kier alpha value is -4.46. The van der Waals surface area contributed by atoms with Crippen molar-refractivity contribution in [3.63, 3.8) is 0 Å². The predicted molar refractivity (Wildman–Crippen MR) is 152 cm³/mol. The fraction of sp³-hybridized carbons (Fsp3) is 0.167. The van der Waals surface area contributed by atoms with Gasteiger partial charge >= 0.3 is 6.18 Å². The molecule has 0 atom stereocenters. The van der Waals surface area contributed by atoms with Crippen LogP contribution in [0, 0.1) is 18.3 Å². The molecule has 42 heavy (non-hydrogen) atoms. The number of hydrogen-bond donors (Lipinski definition) is 2. The van der Waals surface area contributed by atoms with E-state index in [-0.39, 0.29) is 56.9 Å². The van der Waals surface area contributed by atoms with Crippen LogP contribution in [0.1, 0.15) is 22.3 Å². The molecule has 1 heterocycles. The Bertz CT molecular complexity index is 1760. The lowest BCUT2D eigenvalue weighted by atomic mass is 9.96. The maximum absolute atomic E-state index is 13.4. The van der Waals surface area contributed by atoms with E-state index in [9.17, 15) is 33.1 Å². The van der Waals surface area contributed by atoms with Gasteiger partial charge in [-0.3, -0.25) is 9.59 Å². The first-order chi connectivity index (χ1) is 19.8.